The summed E-state index contributed by atoms with van der Waals surface area (Å²) in [6.07, 6.45) is -0.780. The standard InChI is InChI=1S/C9H13N3O4S/c10-5-1-2-12(9(16)11-5)8-7(15)6(14)4(3-13)17-8/h1-2,4,6-8,13-15H,3H2,(H2,10,11,16)/t4-,6+,7-,8?/m1/s1. The van der Waals surface area contributed by atoms with E-state index in [1.54, 1.807) is 0 Å². The maximum atomic E-state index is 11.6. The second-order valence-electron chi connectivity index (χ2n) is 3.77. The van der Waals surface area contributed by atoms with Crippen molar-refractivity contribution in [1.82, 2.24) is 9.55 Å². The summed E-state index contributed by atoms with van der Waals surface area (Å²) in [5.74, 6) is 0.1000. The van der Waals surface area contributed by atoms with E-state index in [0.717, 1.165) is 11.8 Å². The van der Waals surface area contributed by atoms with E-state index in [-0.39, 0.29) is 12.4 Å². The number of aromatic nitrogens is 2. The molecular weight excluding hydrogens is 246 g/mol. The first-order chi connectivity index (χ1) is 8.04. The highest BCUT2D eigenvalue weighted by molar-refractivity contribution is 8.00. The number of nitrogens with zero attached hydrogens (tertiary/aromatic N) is 2. The van der Waals surface area contributed by atoms with E-state index in [2.05, 4.69) is 4.98 Å². The summed E-state index contributed by atoms with van der Waals surface area (Å²) in [4.78, 5) is 15.1. The molecule has 94 valence electrons. The zero-order valence-corrected chi connectivity index (χ0v) is 9.62. The van der Waals surface area contributed by atoms with Crippen LogP contribution in [0.15, 0.2) is 17.1 Å². The number of anilines is 1. The van der Waals surface area contributed by atoms with Crippen molar-refractivity contribution < 1.29 is 15.3 Å². The molecule has 1 aliphatic rings. The molecule has 5 N–H and O–H groups in total. The lowest BCUT2D eigenvalue weighted by atomic mass is 10.1. The van der Waals surface area contributed by atoms with E-state index >= 15 is 0 Å². The van der Waals surface area contributed by atoms with Crippen LogP contribution in [0, 0.1) is 0 Å². The van der Waals surface area contributed by atoms with Gasteiger partial charge in [0.1, 0.15) is 17.3 Å². The van der Waals surface area contributed by atoms with Crippen molar-refractivity contribution in [3.05, 3.63) is 22.7 Å². The Balaban J connectivity index is 2.32. The molecule has 0 spiro atoms. The van der Waals surface area contributed by atoms with Crippen LogP contribution < -0.4 is 11.4 Å². The minimum absolute atomic E-state index is 0.1000. The molecule has 2 heterocycles. The Hall–Kier alpha value is -1.09. The Morgan fingerprint density at radius 2 is 2.18 bits per heavy atom. The minimum atomic E-state index is -1.12. The Bertz CT molecular complexity index is 466. The molecule has 0 aromatic carbocycles. The van der Waals surface area contributed by atoms with Crippen LogP contribution in [-0.2, 0) is 0 Å². The molecule has 1 saturated heterocycles. The van der Waals surface area contributed by atoms with Crippen molar-refractivity contribution in [2.75, 3.05) is 12.3 Å². The fraction of sp³-hybridized carbons (Fsp3) is 0.556. The lowest BCUT2D eigenvalue weighted by Crippen LogP contribution is -2.36. The summed E-state index contributed by atoms with van der Waals surface area (Å²) >= 11 is 1.13. The Labute approximate surface area is 101 Å². The van der Waals surface area contributed by atoms with Gasteiger partial charge in [-0.25, -0.2) is 4.79 Å². The maximum Gasteiger partial charge on any atom is 0.350 e. The van der Waals surface area contributed by atoms with E-state index in [1.165, 1.54) is 16.8 Å². The highest BCUT2D eigenvalue weighted by atomic mass is 32.2. The molecule has 0 radical (unpaired) electrons. The van der Waals surface area contributed by atoms with Gasteiger partial charge in [0, 0.05) is 6.20 Å². The fourth-order valence-electron chi connectivity index (χ4n) is 1.73. The molecule has 0 amide bonds. The lowest BCUT2D eigenvalue weighted by Gasteiger charge is -2.17. The Morgan fingerprint density at radius 3 is 2.71 bits per heavy atom. The van der Waals surface area contributed by atoms with Gasteiger partial charge in [0.15, 0.2) is 0 Å². The zero-order chi connectivity index (χ0) is 12.6. The number of aliphatic hydroxyl groups excluding tert-OH is 3. The zero-order valence-electron chi connectivity index (χ0n) is 8.80. The molecule has 1 unspecified atom stereocenters. The predicted molar refractivity (Wildman–Crippen MR) is 62.4 cm³/mol. The molecule has 1 fully saturated rings. The van der Waals surface area contributed by atoms with Crippen LogP contribution in [0.3, 0.4) is 0 Å². The topological polar surface area (TPSA) is 122 Å². The number of thioether (sulfide) groups is 1. The van der Waals surface area contributed by atoms with E-state index in [4.69, 9.17) is 10.8 Å². The summed E-state index contributed by atoms with van der Waals surface area (Å²) in [5.41, 5.74) is 4.77. The quantitative estimate of drug-likeness (QED) is 0.492. The molecule has 1 aromatic heterocycles. The Kier molecular flexibility index (Phi) is 3.38. The number of nitrogen functional groups attached to an aromatic ring is 1. The first kappa shape index (κ1) is 12.4. The summed E-state index contributed by atoms with van der Waals surface area (Å²) < 4.78 is 1.20. The molecule has 8 heteroatoms. The Morgan fingerprint density at radius 1 is 1.47 bits per heavy atom. The van der Waals surface area contributed by atoms with Crippen molar-refractivity contribution >= 4 is 17.6 Å². The summed E-state index contributed by atoms with van der Waals surface area (Å²) in [5, 5.41) is 27.3. The van der Waals surface area contributed by atoms with Crippen LogP contribution in [0.25, 0.3) is 0 Å². The van der Waals surface area contributed by atoms with Gasteiger partial charge in [-0.05, 0) is 6.07 Å². The van der Waals surface area contributed by atoms with Gasteiger partial charge in [0.25, 0.3) is 0 Å². The number of nitrogens with two attached hydrogens (primary N) is 1. The summed E-state index contributed by atoms with van der Waals surface area (Å²) in [7, 11) is 0. The minimum Gasteiger partial charge on any atom is -0.395 e. The maximum absolute atomic E-state index is 11.6. The van der Waals surface area contributed by atoms with E-state index in [9.17, 15) is 15.0 Å². The van der Waals surface area contributed by atoms with Crippen LogP contribution in [0.2, 0.25) is 0 Å². The van der Waals surface area contributed by atoms with Gasteiger partial charge in [-0.3, -0.25) is 4.57 Å². The largest absolute Gasteiger partial charge is 0.395 e. The molecule has 1 aromatic rings. The first-order valence-corrected chi connectivity index (χ1v) is 5.96. The second-order valence-corrected chi connectivity index (χ2v) is 5.13. The molecule has 0 saturated carbocycles. The van der Waals surface area contributed by atoms with Gasteiger partial charge in [0.2, 0.25) is 0 Å². The molecule has 2 rings (SSSR count). The van der Waals surface area contributed by atoms with Crippen molar-refractivity contribution in [3.8, 4) is 0 Å². The number of aliphatic hydroxyl groups is 3. The third kappa shape index (κ3) is 2.16. The van der Waals surface area contributed by atoms with Crippen LogP contribution in [0.5, 0.6) is 0 Å². The highest BCUT2D eigenvalue weighted by Gasteiger charge is 2.43. The van der Waals surface area contributed by atoms with Gasteiger partial charge in [-0.2, -0.15) is 4.98 Å². The van der Waals surface area contributed by atoms with Gasteiger partial charge >= 0.3 is 5.69 Å². The van der Waals surface area contributed by atoms with E-state index < -0.39 is 28.5 Å². The molecule has 0 bridgehead atoms. The van der Waals surface area contributed by atoms with E-state index in [0.29, 0.717) is 0 Å². The number of rotatable bonds is 2. The van der Waals surface area contributed by atoms with Crippen LogP contribution in [0.4, 0.5) is 5.82 Å². The molecular formula is C9H13N3O4S. The average molecular weight is 259 g/mol. The molecule has 4 atom stereocenters. The molecule has 7 nitrogen and oxygen atoms in total. The van der Waals surface area contributed by atoms with Gasteiger partial charge in [-0.15, -0.1) is 11.8 Å². The SMILES string of the molecule is Nc1ccn(C2S[C@H](CO)[C@H](O)[C@H]2O)c(=O)n1. The lowest BCUT2D eigenvalue weighted by molar-refractivity contribution is 0.0101. The molecule has 17 heavy (non-hydrogen) atoms. The average Bonchev–Trinajstić information content (AvgIpc) is 2.57. The van der Waals surface area contributed by atoms with Gasteiger partial charge in [0.05, 0.1) is 18.0 Å². The summed E-state index contributed by atoms with van der Waals surface area (Å²) in [6.45, 7) is -0.267. The summed E-state index contributed by atoms with van der Waals surface area (Å²) in [6, 6.07) is 1.44. The monoisotopic (exact) mass is 259 g/mol. The van der Waals surface area contributed by atoms with E-state index in [1.807, 2.05) is 0 Å². The third-order valence-electron chi connectivity index (χ3n) is 2.64. The molecule has 1 aliphatic heterocycles. The van der Waals surface area contributed by atoms with Crippen molar-refractivity contribution in [1.29, 1.82) is 0 Å². The highest BCUT2D eigenvalue weighted by Crippen LogP contribution is 2.40. The first-order valence-electron chi connectivity index (χ1n) is 5.01. The van der Waals surface area contributed by atoms with Gasteiger partial charge < -0.3 is 21.1 Å². The van der Waals surface area contributed by atoms with Crippen molar-refractivity contribution in [3.63, 3.8) is 0 Å². The fourth-order valence-corrected chi connectivity index (χ4v) is 3.11. The van der Waals surface area contributed by atoms with Crippen molar-refractivity contribution in [2.45, 2.75) is 22.8 Å². The number of hydrogen-bond acceptors (Lipinski definition) is 7. The smallest absolute Gasteiger partial charge is 0.350 e. The second kappa shape index (κ2) is 4.65. The normalized spacial score (nSPS) is 32.9. The molecule has 0 aliphatic carbocycles. The van der Waals surface area contributed by atoms with Crippen molar-refractivity contribution in [2.24, 2.45) is 0 Å². The van der Waals surface area contributed by atoms with Crippen LogP contribution in [0.1, 0.15) is 5.37 Å². The predicted octanol–water partition coefficient (Wildman–Crippen LogP) is -1.85. The number of hydrogen-bond donors (Lipinski definition) is 4. The van der Waals surface area contributed by atoms with Gasteiger partial charge in [-0.1, -0.05) is 0 Å². The van der Waals surface area contributed by atoms with Crippen LogP contribution in [-0.4, -0.2) is 48.9 Å². The van der Waals surface area contributed by atoms with Crippen LogP contribution >= 0.6 is 11.8 Å². The third-order valence-corrected chi connectivity index (χ3v) is 4.21.